The summed E-state index contributed by atoms with van der Waals surface area (Å²) >= 11 is 1.09. The molecule has 5 rings (SSSR count). The second-order valence-corrected chi connectivity index (χ2v) is 7.94. The van der Waals surface area contributed by atoms with Gasteiger partial charge in [0.1, 0.15) is 11.5 Å². The van der Waals surface area contributed by atoms with Crippen LogP contribution >= 0.6 is 11.5 Å². The lowest BCUT2D eigenvalue weighted by atomic mass is 10.2. The molecule has 0 saturated heterocycles. The molecular weight excluding hydrogens is 470 g/mol. The lowest BCUT2D eigenvalue weighted by Gasteiger charge is -2.09. The van der Waals surface area contributed by atoms with Crippen molar-refractivity contribution in [3.05, 3.63) is 72.8 Å². The van der Waals surface area contributed by atoms with E-state index in [-0.39, 0.29) is 5.95 Å². The number of hydrogen-bond donors (Lipinski definition) is 5. The highest BCUT2D eigenvalue weighted by molar-refractivity contribution is 7.10. The van der Waals surface area contributed by atoms with Crippen molar-refractivity contribution in [2.45, 2.75) is 0 Å². The van der Waals surface area contributed by atoms with Crippen molar-refractivity contribution in [1.29, 1.82) is 0 Å². The minimum Gasteiger partial charge on any atom is -0.465 e. The maximum absolute atomic E-state index is 12.4. The maximum atomic E-state index is 12.4. The van der Waals surface area contributed by atoms with Crippen LogP contribution in [0.1, 0.15) is 0 Å². The smallest absolute Gasteiger partial charge is 0.411 e. The van der Waals surface area contributed by atoms with Gasteiger partial charge in [-0.05, 0) is 24.3 Å². The van der Waals surface area contributed by atoms with E-state index in [2.05, 4.69) is 35.3 Å². The monoisotopic (exact) mass is 487 g/mol. The summed E-state index contributed by atoms with van der Waals surface area (Å²) in [6.07, 6.45) is -1.21. The molecule has 0 spiro atoms. The first-order chi connectivity index (χ1) is 17.0. The highest BCUT2D eigenvalue weighted by Crippen LogP contribution is 2.27. The van der Waals surface area contributed by atoms with Crippen LogP contribution in [0.15, 0.2) is 72.8 Å². The van der Waals surface area contributed by atoms with Crippen LogP contribution in [0.4, 0.5) is 26.4 Å². The molecule has 0 atom stereocenters. The van der Waals surface area contributed by atoms with Crippen LogP contribution in [0.5, 0.6) is 11.5 Å². The van der Waals surface area contributed by atoms with Crippen LogP contribution < -0.4 is 20.7 Å². The Morgan fingerprint density at radius 2 is 1.71 bits per heavy atom. The lowest BCUT2D eigenvalue weighted by Crippen LogP contribution is -2.19. The third-order valence-corrected chi connectivity index (χ3v) is 5.32. The first-order valence-electron chi connectivity index (χ1n) is 10.3. The van der Waals surface area contributed by atoms with Crippen LogP contribution in [0.25, 0.3) is 22.4 Å². The number of aromatic nitrogens is 4. The number of carboxylic acid groups (broad SMARTS) is 1. The number of benzene rings is 3. The number of amides is 3. The van der Waals surface area contributed by atoms with E-state index in [4.69, 9.17) is 9.84 Å². The van der Waals surface area contributed by atoms with E-state index < -0.39 is 12.1 Å². The van der Waals surface area contributed by atoms with Gasteiger partial charge in [-0.25, -0.2) is 14.6 Å². The van der Waals surface area contributed by atoms with Gasteiger partial charge < -0.3 is 20.1 Å². The molecule has 3 aromatic carbocycles. The summed E-state index contributed by atoms with van der Waals surface area (Å²) in [5.41, 5.74) is 2.57. The summed E-state index contributed by atoms with van der Waals surface area (Å²) in [4.78, 5) is 34.6. The normalized spacial score (nSPS) is 10.6. The van der Waals surface area contributed by atoms with Gasteiger partial charge in [0.05, 0.1) is 11.0 Å². The molecule has 0 aliphatic heterocycles. The molecule has 0 unspecified atom stereocenters. The summed E-state index contributed by atoms with van der Waals surface area (Å²) in [6, 6.07) is 21.0. The van der Waals surface area contributed by atoms with Crippen molar-refractivity contribution in [3.8, 4) is 22.9 Å². The van der Waals surface area contributed by atoms with Crippen molar-refractivity contribution >= 4 is 51.5 Å². The van der Waals surface area contributed by atoms with Crippen molar-refractivity contribution in [2.24, 2.45) is 0 Å². The Balaban J connectivity index is 1.23. The largest absolute Gasteiger partial charge is 0.465 e. The standard InChI is InChI=1S/C23H17N7O4S/c31-21(29-22-27-19(30-35-22)13-5-2-1-3-6-13)24-14-7-4-8-15(11-14)34-16-9-10-17-18(12-16)26-20(25-17)28-23(32)33/h1-12H,(H,32,33)(H2,25,26,28)(H2,24,27,29,30,31). The number of urea groups is 1. The molecule has 5 aromatic rings. The van der Waals surface area contributed by atoms with E-state index in [1.807, 2.05) is 30.3 Å². The zero-order valence-electron chi connectivity index (χ0n) is 17.9. The molecule has 0 saturated carbocycles. The van der Waals surface area contributed by atoms with E-state index in [0.717, 1.165) is 17.1 Å². The molecule has 0 fully saturated rings. The van der Waals surface area contributed by atoms with E-state index >= 15 is 0 Å². The number of fused-ring (bicyclic) bond motifs is 1. The number of aromatic amines is 1. The minimum absolute atomic E-state index is 0.119. The SMILES string of the molecule is O=C(O)Nc1nc2cc(Oc3cccc(NC(=O)Nc4nc(-c5ccccc5)ns4)c3)ccc2[nH]1. The van der Waals surface area contributed by atoms with Crippen molar-refractivity contribution in [1.82, 2.24) is 19.3 Å². The van der Waals surface area contributed by atoms with Crippen LogP contribution in [-0.4, -0.2) is 36.6 Å². The number of imidazole rings is 1. The quantitative estimate of drug-likeness (QED) is 0.209. The Bertz CT molecular complexity index is 1520. The van der Waals surface area contributed by atoms with Crippen LogP contribution in [0.3, 0.4) is 0 Å². The highest BCUT2D eigenvalue weighted by atomic mass is 32.1. The number of nitrogens with one attached hydrogen (secondary N) is 4. The number of carbonyl (C=O) groups excluding carboxylic acids is 1. The number of carbonyl (C=O) groups is 2. The predicted octanol–water partition coefficient (Wildman–Crippen LogP) is 5.61. The summed E-state index contributed by atoms with van der Waals surface area (Å²) in [6.45, 7) is 0. The summed E-state index contributed by atoms with van der Waals surface area (Å²) in [5, 5.41) is 16.8. The first-order valence-corrected chi connectivity index (χ1v) is 11.0. The second kappa shape index (κ2) is 9.49. The van der Waals surface area contributed by atoms with Crippen molar-refractivity contribution < 1.29 is 19.4 Å². The van der Waals surface area contributed by atoms with Crippen LogP contribution in [0.2, 0.25) is 0 Å². The Labute approximate surface area is 202 Å². The molecule has 3 amide bonds. The number of ether oxygens (including phenoxy) is 1. The van der Waals surface area contributed by atoms with E-state index in [1.165, 1.54) is 0 Å². The molecular formula is C23H17N7O4S. The van der Waals surface area contributed by atoms with Crippen molar-refractivity contribution in [3.63, 3.8) is 0 Å². The molecule has 2 heterocycles. The average molecular weight is 488 g/mol. The predicted molar refractivity (Wildman–Crippen MR) is 132 cm³/mol. The second-order valence-electron chi connectivity index (χ2n) is 7.19. The van der Waals surface area contributed by atoms with Crippen LogP contribution in [0, 0.1) is 0 Å². The summed E-state index contributed by atoms with van der Waals surface area (Å²) in [5.74, 6) is 1.65. The molecule has 174 valence electrons. The Hall–Kier alpha value is -4.97. The number of nitrogens with zero attached hydrogens (tertiary/aromatic N) is 3. The fourth-order valence-corrected chi connectivity index (χ4v) is 3.81. The topological polar surface area (TPSA) is 154 Å². The Kier molecular flexibility index (Phi) is 5.92. The van der Waals surface area contributed by atoms with Gasteiger partial charge in [0.25, 0.3) is 0 Å². The summed E-state index contributed by atoms with van der Waals surface area (Å²) < 4.78 is 10.2. The number of hydrogen-bond acceptors (Lipinski definition) is 7. The molecule has 35 heavy (non-hydrogen) atoms. The maximum Gasteiger partial charge on any atom is 0.411 e. The summed E-state index contributed by atoms with van der Waals surface area (Å²) in [7, 11) is 0. The molecule has 2 aromatic heterocycles. The zero-order valence-corrected chi connectivity index (χ0v) is 18.7. The minimum atomic E-state index is -1.21. The van der Waals surface area contributed by atoms with Gasteiger partial charge in [-0.2, -0.15) is 9.36 Å². The lowest BCUT2D eigenvalue weighted by molar-refractivity contribution is 0.209. The van der Waals surface area contributed by atoms with Crippen molar-refractivity contribution in [2.75, 3.05) is 16.0 Å². The fraction of sp³-hybridized carbons (Fsp3) is 0. The van der Waals surface area contributed by atoms with Gasteiger partial charge in [0, 0.05) is 34.9 Å². The molecule has 0 aliphatic rings. The van der Waals surface area contributed by atoms with E-state index in [0.29, 0.717) is 39.2 Å². The third-order valence-electron chi connectivity index (χ3n) is 4.69. The Morgan fingerprint density at radius 1 is 0.886 bits per heavy atom. The Morgan fingerprint density at radius 3 is 2.54 bits per heavy atom. The average Bonchev–Trinajstić information content (AvgIpc) is 3.45. The van der Waals surface area contributed by atoms with Gasteiger partial charge in [-0.1, -0.05) is 36.4 Å². The molecule has 0 aliphatic carbocycles. The van der Waals surface area contributed by atoms with Gasteiger partial charge in [0.15, 0.2) is 5.82 Å². The van der Waals surface area contributed by atoms with Gasteiger partial charge >= 0.3 is 12.1 Å². The third kappa shape index (κ3) is 5.34. The van der Waals surface area contributed by atoms with Gasteiger partial charge in [-0.3, -0.25) is 10.6 Å². The number of rotatable bonds is 6. The fourth-order valence-electron chi connectivity index (χ4n) is 3.22. The highest BCUT2D eigenvalue weighted by Gasteiger charge is 2.11. The molecule has 0 radical (unpaired) electrons. The molecule has 12 heteroatoms. The van der Waals surface area contributed by atoms with Crippen LogP contribution in [-0.2, 0) is 0 Å². The molecule has 0 bridgehead atoms. The number of H-pyrrole nitrogens is 1. The number of anilines is 3. The van der Waals surface area contributed by atoms with Gasteiger partial charge in [0.2, 0.25) is 11.1 Å². The first kappa shape index (κ1) is 21.9. The van der Waals surface area contributed by atoms with Gasteiger partial charge in [-0.15, -0.1) is 0 Å². The van der Waals surface area contributed by atoms with E-state index in [1.54, 1.807) is 42.5 Å². The molecule has 5 N–H and O–H groups in total. The molecule has 11 nitrogen and oxygen atoms in total. The van der Waals surface area contributed by atoms with E-state index in [9.17, 15) is 9.59 Å². The zero-order chi connectivity index (χ0) is 24.2.